The minimum Gasteiger partial charge on any atom is -0.466 e. The number of ether oxygens (including phenoxy) is 1. The Hall–Kier alpha value is -5.34. The predicted octanol–water partition coefficient (Wildman–Crippen LogP) is 7.45. The molecule has 230 valence electrons. The molecule has 7 nitrogen and oxygen atoms in total. The average molecular weight is 633 g/mol. The third-order valence-corrected chi connectivity index (χ3v) is 8.36. The topological polar surface area (TPSA) is 83.9 Å². The second-order valence-electron chi connectivity index (χ2n) is 10.9. The predicted molar refractivity (Wildman–Crippen MR) is 177 cm³/mol. The van der Waals surface area contributed by atoms with Gasteiger partial charge in [0.15, 0.2) is 5.84 Å². The van der Waals surface area contributed by atoms with Gasteiger partial charge in [-0.2, -0.15) is 0 Å². The van der Waals surface area contributed by atoms with Crippen LogP contribution in [-0.4, -0.2) is 41.3 Å². The van der Waals surface area contributed by atoms with Gasteiger partial charge in [0.2, 0.25) is 0 Å². The zero-order valence-electron chi connectivity index (χ0n) is 25.2. The quantitative estimate of drug-likeness (QED) is 0.180. The highest BCUT2D eigenvalue weighted by atomic mass is 35.5. The van der Waals surface area contributed by atoms with Crippen LogP contribution in [0.4, 0.5) is 4.39 Å². The van der Waals surface area contributed by atoms with Gasteiger partial charge in [0.05, 0.1) is 25.3 Å². The smallest absolute Gasteiger partial charge is 0.338 e. The zero-order chi connectivity index (χ0) is 32.2. The molecule has 0 saturated heterocycles. The molecule has 46 heavy (non-hydrogen) atoms. The number of aliphatic imine (C=N–C) groups is 1. The molecule has 0 aliphatic carbocycles. The lowest BCUT2D eigenvalue weighted by Gasteiger charge is -2.34. The second kappa shape index (κ2) is 13.3. The molecule has 0 spiro atoms. The Balaban J connectivity index is 1.51. The van der Waals surface area contributed by atoms with E-state index in [1.54, 1.807) is 35.4 Å². The van der Waals surface area contributed by atoms with Crippen LogP contribution >= 0.6 is 11.6 Å². The Bertz CT molecular complexity index is 1980. The first-order valence-corrected chi connectivity index (χ1v) is 15.1. The highest BCUT2D eigenvalue weighted by Crippen LogP contribution is 2.37. The number of rotatable bonds is 8. The van der Waals surface area contributed by atoms with Gasteiger partial charge in [0.1, 0.15) is 17.6 Å². The number of fused-ring (bicyclic) bond motifs is 1. The first-order chi connectivity index (χ1) is 22.3. The molecule has 2 atom stereocenters. The molecule has 9 heteroatoms. The molecule has 1 aliphatic heterocycles. The molecule has 1 aromatic heterocycles. The molecule has 0 saturated carbocycles. The first kappa shape index (κ1) is 30.7. The third kappa shape index (κ3) is 6.25. The Morgan fingerprint density at radius 3 is 2.39 bits per heavy atom. The van der Waals surface area contributed by atoms with Crippen molar-refractivity contribution in [2.45, 2.75) is 19.0 Å². The molecule has 1 aliphatic rings. The van der Waals surface area contributed by atoms with Gasteiger partial charge in [-0.25, -0.2) is 9.18 Å². The third-order valence-electron chi connectivity index (χ3n) is 8.03. The molecular formula is C37H30ClFN4O3. The van der Waals surface area contributed by atoms with E-state index in [2.05, 4.69) is 16.4 Å². The summed E-state index contributed by atoms with van der Waals surface area (Å²) in [5.41, 5.74) is 2.84. The number of carbonyl (C=O) groups is 2. The molecule has 1 N–H and O–H groups in total. The largest absolute Gasteiger partial charge is 0.466 e. The van der Waals surface area contributed by atoms with Gasteiger partial charge in [-0.1, -0.05) is 78.3 Å². The Morgan fingerprint density at radius 1 is 0.935 bits per heavy atom. The van der Waals surface area contributed by atoms with Crippen LogP contribution in [0.3, 0.4) is 0 Å². The van der Waals surface area contributed by atoms with Crippen LogP contribution in [0.2, 0.25) is 5.02 Å². The molecule has 0 fully saturated rings. The SMILES string of the molecule is COC(=O)C1=C(CN(C(=O)c2ccccc2)[C@@H](C)c2ccc3ccccc3c2)NC(c2ccccn2)=NC1c1ccc(F)cc1Cl. The van der Waals surface area contributed by atoms with E-state index in [9.17, 15) is 14.0 Å². The molecule has 6 rings (SSSR count). The maximum atomic E-state index is 14.3. The van der Waals surface area contributed by atoms with E-state index in [1.807, 2.05) is 67.6 Å². The molecule has 0 radical (unpaired) electrons. The van der Waals surface area contributed by atoms with Crippen molar-refractivity contribution in [1.29, 1.82) is 0 Å². The molecule has 1 unspecified atom stereocenters. The number of benzene rings is 4. The van der Waals surface area contributed by atoms with E-state index in [-0.39, 0.29) is 23.0 Å². The number of esters is 1. The number of carbonyl (C=O) groups excluding carboxylic acids is 2. The summed E-state index contributed by atoms with van der Waals surface area (Å²) in [4.78, 5) is 38.9. The monoisotopic (exact) mass is 632 g/mol. The minimum atomic E-state index is -0.974. The van der Waals surface area contributed by atoms with Gasteiger partial charge in [-0.15, -0.1) is 0 Å². The number of aromatic nitrogens is 1. The number of pyridine rings is 1. The van der Waals surface area contributed by atoms with E-state index in [1.165, 1.54) is 25.3 Å². The van der Waals surface area contributed by atoms with Crippen molar-refractivity contribution in [3.63, 3.8) is 0 Å². The van der Waals surface area contributed by atoms with Crippen molar-refractivity contribution < 1.29 is 18.7 Å². The van der Waals surface area contributed by atoms with Crippen molar-refractivity contribution >= 4 is 40.1 Å². The maximum absolute atomic E-state index is 14.3. The van der Waals surface area contributed by atoms with Crippen LogP contribution < -0.4 is 5.32 Å². The van der Waals surface area contributed by atoms with E-state index in [4.69, 9.17) is 21.3 Å². The highest BCUT2D eigenvalue weighted by molar-refractivity contribution is 6.31. The fraction of sp³-hybridized carbons (Fsp3) is 0.135. The summed E-state index contributed by atoms with van der Waals surface area (Å²) < 4.78 is 19.4. The maximum Gasteiger partial charge on any atom is 0.338 e. The van der Waals surface area contributed by atoms with E-state index < -0.39 is 23.9 Å². The van der Waals surface area contributed by atoms with Crippen molar-refractivity contribution in [2.75, 3.05) is 13.7 Å². The summed E-state index contributed by atoms with van der Waals surface area (Å²) in [5, 5.41) is 5.51. The summed E-state index contributed by atoms with van der Waals surface area (Å²) >= 11 is 6.55. The Labute approximate surface area is 271 Å². The molecule has 2 heterocycles. The van der Waals surface area contributed by atoms with Crippen molar-refractivity contribution in [1.82, 2.24) is 15.2 Å². The number of amidine groups is 1. The minimum absolute atomic E-state index is 0.0205. The van der Waals surface area contributed by atoms with Gasteiger partial charge in [-0.3, -0.25) is 14.8 Å². The zero-order valence-corrected chi connectivity index (χ0v) is 25.9. The summed E-state index contributed by atoms with van der Waals surface area (Å²) in [6.07, 6.45) is 1.63. The van der Waals surface area contributed by atoms with Crippen LogP contribution in [0.5, 0.6) is 0 Å². The van der Waals surface area contributed by atoms with Gasteiger partial charge in [0, 0.05) is 28.0 Å². The normalized spacial score (nSPS) is 15.1. The number of nitrogens with one attached hydrogen (secondary N) is 1. The fourth-order valence-electron chi connectivity index (χ4n) is 5.60. The van der Waals surface area contributed by atoms with Crippen LogP contribution in [0.25, 0.3) is 10.8 Å². The number of methoxy groups -OCH3 is 1. The summed E-state index contributed by atoms with van der Waals surface area (Å²) in [6.45, 7) is 1.93. The standard InChI is InChI=1S/C37H30ClFN4O3/c1-23(26-16-15-24-10-6-7-13-27(24)20-26)43(36(44)25-11-4-3-5-12-25)22-32-33(37(45)46-2)34(29-18-17-28(39)21-30(29)38)42-35(41-32)31-14-8-9-19-40-31/h3-21,23,34H,22H2,1-2H3,(H,41,42)/t23-,34?/m0/s1. The molecule has 1 amide bonds. The molecule has 4 aromatic carbocycles. The van der Waals surface area contributed by atoms with Gasteiger partial charge in [-0.05, 0) is 65.7 Å². The number of amides is 1. The van der Waals surface area contributed by atoms with Gasteiger partial charge in [0.25, 0.3) is 5.91 Å². The Morgan fingerprint density at radius 2 is 1.67 bits per heavy atom. The molecule has 0 bridgehead atoms. The molecular weight excluding hydrogens is 603 g/mol. The lowest BCUT2D eigenvalue weighted by molar-refractivity contribution is -0.136. The first-order valence-electron chi connectivity index (χ1n) is 14.7. The van der Waals surface area contributed by atoms with E-state index in [0.29, 0.717) is 28.4 Å². The van der Waals surface area contributed by atoms with Crippen LogP contribution in [0.15, 0.2) is 132 Å². The fourth-order valence-corrected chi connectivity index (χ4v) is 5.87. The number of nitrogens with zero attached hydrogens (tertiary/aromatic N) is 3. The summed E-state index contributed by atoms with van der Waals surface area (Å²) in [6, 6.07) is 31.0. The number of halogens is 2. The van der Waals surface area contributed by atoms with Crippen LogP contribution in [0.1, 0.15) is 46.2 Å². The molecule has 5 aromatic rings. The van der Waals surface area contributed by atoms with Crippen molar-refractivity contribution in [3.05, 3.63) is 160 Å². The summed E-state index contributed by atoms with van der Waals surface area (Å²) in [7, 11) is 1.28. The average Bonchev–Trinajstić information content (AvgIpc) is 3.10. The lowest BCUT2D eigenvalue weighted by Crippen LogP contribution is -2.42. The number of hydrogen-bond acceptors (Lipinski definition) is 6. The highest BCUT2D eigenvalue weighted by Gasteiger charge is 2.36. The lowest BCUT2D eigenvalue weighted by atomic mass is 9.94. The van der Waals surface area contributed by atoms with E-state index >= 15 is 0 Å². The van der Waals surface area contributed by atoms with Gasteiger partial charge >= 0.3 is 5.97 Å². The Kier molecular flexibility index (Phi) is 8.90. The van der Waals surface area contributed by atoms with Crippen molar-refractivity contribution in [2.24, 2.45) is 4.99 Å². The summed E-state index contributed by atoms with van der Waals surface area (Å²) in [5.74, 6) is -1.07. The van der Waals surface area contributed by atoms with Gasteiger partial charge < -0.3 is 15.0 Å². The van der Waals surface area contributed by atoms with Crippen molar-refractivity contribution in [3.8, 4) is 0 Å². The number of hydrogen-bond donors (Lipinski definition) is 1. The van der Waals surface area contributed by atoms with Crippen LogP contribution in [-0.2, 0) is 9.53 Å². The second-order valence-corrected chi connectivity index (χ2v) is 11.3. The van der Waals surface area contributed by atoms with E-state index in [0.717, 1.165) is 16.3 Å². The van der Waals surface area contributed by atoms with Crippen LogP contribution in [0, 0.1) is 5.82 Å².